The lowest BCUT2D eigenvalue weighted by Gasteiger charge is -2.17. The second-order valence-electron chi connectivity index (χ2n) is 6.23. The predicted octanol–water partition coefficient (Wildman–Crippen LogP) is 2.29. The Bertz CT molecular complexity index is 777. The number of hydrogen-bond donors (Lipinski definition) is 2. The molecule has 0 saturated carbocycles. The predicted molar refractivity (Wildman–Crippen MR) is 99.7 cm³/mol. The van der Waals surface area contributed by atoms with Crippen molar-refractivity contribution in [1.29, 1.82) is 0 Å². The van der Waals surface area contributed by atoms with E-state index in [9.17, 15) is 13.5 Å². The number of nitrogens with zero attached hydrogens (tertiary/aromatic N) is 1. The van der Waals surface area contributed by atoms with Crippen molar-refractivity contribution in [1.82, 2.24) is 9.62 Å². The van der Waals surface area contributed by atoms with Crippen molar-refractivity contribution in [3.63, 3.8) is 0 Å². The molecule has 25 heavy (non-hydrogen) atoms. The van der Waals surface area contributed by atoms with Gasteiger partial charge < -0.3 is 10.0 Å². The Morgan fingerprint density at radius 2 is 1.80 bits per heavy atom. The third-order valence-electron chi connectivity index (χ3n) is 4.03. The molecule has 2 rings (SSSR count). The van der Waals surface area contributed by atoms with E-state index in [0.29, 0.717) is 17.7 Å². The maximum atomic E-state index is 12.5. The average Bonchev–Trinajstić information content (AvgIpc) is 2.60. The third-order valence-corrected chi connectivity index (χ3v) is 5.63. The number of rotatable bonds is 9. The fourth-order valence-corrected chi connectivity index (χ4v) is 4.01. The monoisotopic (exact) mass is 362 g/mol. The van der Waals surface area contributed by atoms with E-state index in [1.54, 1.807) is 19.1 Å². The molecular weight excluding hydrogens is 336 g/mol. The van der Waals surface area contributed by atoms with Crippen molar-refractivity contribution in [3.8, 4) is 0 Å². The maximum Gasteiger partial charge on any atom is 0.240 e. The Morgan fingerprint density at radius 3 is 2.48 bits per heavy atom. The Labute approximate surface area is 150 Å². The van der Waals surface area contributed by atoms with Gasteiger partial charge in [-0.25, -0.2) is 13.1 Å². The molecule has 2 aromatic rings. The summed E-state index contributed by atoms with van der Waals surface area (Å²) in [5.74, 6) is 0. The third kappa shape index (κ3) is 5.93. The molecule has 0 spiro atoms. The van der Waals surface area contributed by atoms with Crippen LogP contribution in [0.15, 0.2) is 53.4 Å². The van der Waals surface area contributed by atoms with Gasteiger partial charge in [-0.2, -0.15) is 0 Å². The van der Waals surface area contributed by atoms with Gasteiger partial charge in [0.25, 0.3) is 0 Å². The van der Waals surface area contributed by atoms with E-state index in [1.807, 2.05) is 25.2 Å². The number of aliphatic hydroxyl groups excluding tert-OH is 1. The van der Waals surface area contributed by atoms with Gasteiger partial charge in [-0.1, -0.05) is 42.5 Å². The van der Waals surface area contributed by atoms with E-state index < -0.39 is 10.0 Å². The normalized spacial score (nSPS) is 11.8. The Balaban J connectivity index is 1.84. The molecule has 0 heterocycles. The maximum absolute atomic E-state index is 12.5. The van der Waals surface area contributed by atoms with Crippen molar-refractivity contribution in [2.45, 2.75) is 31.4 Å². The van der Waals surface area contributed by atoms with E-state index in [2.05, 4.69) is 21.8 Å². The van der Waals surface area contributed by atoms with Crippen LogP contribution in [0.4, 0.5) is 0 Å². The minimum Gasteiger partial charge on any atom is -0.392 e. The zero-order chi connectivity index (χ0) is 18.3. The molecule has 5 nitrogen and oxygen atoms in total. The van der Waals surface area contributed by atoms with Crippen LogP contribution >= 0.6 is 0 Å². The van der Waals surface area contributed by atoms with Gasteiger partial charge in [-0.15, -0.1) is 0 Å². The number of aryl methyl sites for hydroxylation is 1. The molecule has 0 radical (unpaired) electrons. The molecular formula is C19H26N2O3S. The summed E-state index contributed by atoms with van der Waals surface area (Å²) in [5, 5.41) is 9.19. The molecule has 0 amide bonds. The molecule has 6 heteroatoms. The van der Waals surface area contributed by atoms with Crippen LogP contribution in [-0.4, -0.2) is 38.6 Å². The number of sulfonamides is 1. The highest BCUT2D eigenvalue weighted by Crippen LogP contribution is 2.17. The van der Waals surface area contributed by atoms with Crippen molar-refractivity contribution in [2.24, 2.45) is 0 Å². The van der Waals surface area contributed by atoms with Crippen LogP contribution in [0.3, 0.4) is 0 Å². The first-order valence-electron chi connectivity index (χ1n) is 8.35. The second kappa shape index (κ2) is 9.10. The molecule has 2 aromatic carbocycles. The number of aliphatic hydroxyl groups is 1. The molecule has 0 saturated heterocycles. The molecule has 0 bridgehead atoms. The number of hydrogen-bond acceptors (Lipinski definition) is 4. The fraction of sp³-hybridized carbons (Fsp3) is 0.368. The zero-order valence-corrected chi connectivity index (χ0v) is 15.6. The van der Waals surface area contributed by atoms with Crippen molar-refractivity contribution in [2.75, 3.05) is 20.1 Å². The summed E-state index contributed by atoms with van der Waals surface area (Å²) >= 11 is 0. The Kier molecular flexibility index (Phi) is 7.13. The van der Waals surface area contributed by atoms with Crippen LogP contribution in [0.25, 0.3) is 0 Å². The average molecular weight is 362 g/mol. The van der Waals surface area contributed by atoms with Crippen molar-refractivity contribution in [3.05, 3.63) is 65.2 Å². The summed E-state index contributed by atoms with van der Waals surface area (Å²) in [7, 11) is -1.54. The van der Waals surface area contributed by atoms with Crippen LogP contribution in [0.1, 0.15) is 23.1 Å². The van der Waals surface area contributed by atoms with Gasteiger partial charge in [-0.05, 0) is 49.7 Å². The first-order chi connectivity index (χ1) is 11.9. The minimum absolute atomic E-state index is 0.174. The molecule has 0 aliphatic heterocycles. The number of nitrogens with one attached hydrogen (secondary N) is 1. The molecule has 0 fully saturated rings. The van der Waals surface area contributed by atoms with Gasteiger partial charge in [0.15, 0.2) is 0 Å². The Morgan fingerprint density at radius 1 is 1.08 bits per heavy atom. The van der Waals surface area contributed by atoms with Crippen LogP contribution < -0.4 is 4.72 Å². The lowest BCUT2D eigenvalue weighted by molar-refractivity contribution is 0.281. The lowest BCUT2D eigenvalue weighted by Crippen LogP contribution is -2.28. The largest absolute Gasteiger partial charge is 0.392 e. The van der Waals surface area contributed by atoms with Crippen LogP contribution in [-0.2, 0) is 23.2 Å². The molecule has 0 aliphatic carbocycles. The van der Waals surface area contributed by atoms with E-state index in [-0.39, 0.29) is 11.5 Å². The molecule has 0 unspecified atom stereocenters. The van der Waals surface area contributed by atoms with E-state index in [0.717, 1.165) is 19.5 Å². The van der Waals surface area contributed by atoms with Gasteiger partial charge in [-0.3, -0.25) is 0 Å². The van der Waals surface area contributed by atoms with Gasteiger partial charge >= 0.3 is 0 Å². The summed E-state index contributed by atoms with van der Waals surface area (Å²) in [6.07, 6.45) is 0.724. The lowest BCUT2D eigenvalue weighted by atomic mass is 10.2. The van der Waals surface area contributed by atoms with Crippen LogP contribution in [0, 0.1) is 6.92 Å². The molecule has 0 aromatic heterocycles. The van der Waals surface area contributed by atoms with Crippen LogP contribution in [0.2, 0.25) is 0 Å². The molecule has 136 valence electrons. The summed E-state index contributed by atoms with van der Waals surface area (Å²) in [4.78, 5) is 2.40. The summed E-state index contributed by atoms with van der Waals surface area (Å²) < 4.78 is 27.6. The quantitative estimate of drug-likeness (QED) is 0.672. The van der Waals surface area contributed by atoms with Gasteiger partial charge in [0.2, 0.25) is 10.0 Å². The van der Waals surface area contributed by atoms with E-state index in [4.69, 9.17) is 0 Å². The molecule has 0 atom stereocenters. The van der Waals surface area contributed by atoms with Gasteiger partial charge in [0.05, 0.1) is 11.5 Å². The highest BCUT2D eigenvalue weighted by atomic mass is 32.2. The first-order valence-corrected chi connectivity index (χ1v) is 9.83. The van der Waals surface area contributed by atoms with E-state index >= 15 is 0 Å². The van der Waals surface area contributed by atoms with E-state index in [1.165, 1.54) is 11.6 Å². The minimum atomic E-state index is -3.56. The van der Waals surface area contributed by atoms with Gasteiger partial charge in [0, 0.05) is 13.1 Å². The topological polar surface area (TPSA) is 69.6 Å². The summed E-state index contributed by atoms with van der Waals surface area (Å²) in [6, 6.07) is 15.2. The highest BCUT2D eigenvalue weighted by molar-refractivity contribution is 7.89. The van der Waals surface area contributed by atoms with Crippen LogP contribution in [0.5, 0.6) is 0 Å². The summed E-state index contributed by atoms with van der Waals surface area (Å²) in [5.41, 5.74) is 2.50. The molecule has 0 aliphatic rings. The fourth-order valence-electron chi connectivity index (χ4n) is 2.64. The SMILES string of the molecule is Cc1ccc(CO)cc1S(=O)(=O)NCCCN(C)Cc1ccccc1. The standard InChI is InChI=1S/C19H26N2O3S/c1-16-9-10-18(15-22)13-19(16)25(23,24)20-11-6-12-21(2)14-17-7-4-3-5-8-17/h3-5,7-10,13,20,22H,6,11-12,14-15H2,1-2H3. The van der Waals surface area contributed by atoms with Gasteiger partial charge in [0.1, 0.15) is 0 Å². The highest BCUT2D eigenvalue weighted by Gasteiger charge is 2.16. The van der Waals surface area contributed by atoms with Crippen molar-refractivity contribution >= 4 is 10.0 Å². The second-order valence-corrected chi connectivity index (χ2v) is 7.97. The first kappa shape index (κ1) is 19.6. The summed E-state index contributed by atoms with van der Waals surface area (Å²) in [6.45, 7) is 3.60. The Hall–Kier alpha value is -1.73. The molecule has 2 N–H and O–H groups in total. The smallest absolute Gasteiger partial charge is 0.240 e. The van der Waals surface area contributed by atoms with Crippen molar-refractivity contribution < 1.29 is 13.5 Å². The zero-order valence-electron chi connectivity index (χ0n) is 14.8. The number of benzene rings is 2.